The summed E-state index contributed by atoms with van der Waals surface area (Å²) in [6.07, 6.45) is 3.06. The van der Waals surface area contributed by atoms with Gasteiger partial charge in [-0.1, -0.05) is 6.07 Å². The van der Waals surface area contributed by atoms with Crippen molar-refractivity contribution in [1.82, 2.24) is 20.1 Å². The van der Waals surface area contributed by atoms with E-state index in [-0.39, 0.29) is 5.54 Å². The Balaban J connectivity index is 2.13. The average molecular weight is 274 g/mol. The zero-order chi connectivity index (χ0) is 14.8. The van der Waals surface area contributed by atoms with Crippen LogP contribution in [-0.2, 0) is 7.05 Å². The molecule has 5 nitrogen and oxygen atoms in total. The van der Waals surface area contributed by atoms with Crippen LogP contribution < -0.4 is 5.32 Å². The highest BCUT2D eigenvalue weighted by Crippen LogP contribution is 2.19. The molecule has 0 fully saturated rings. The summed E-state index contributed by atoms with van der Waals surface area (Å²) in [6.45, 7) is 6.69. The molecule has 0 amide bonds. The van der Waals surface area contributed by atoms with Crippen LogP contribution in [0.15, 0.2) is 30.6 Å². The Morgan fingerprint density at radius 2 is 2.10 bits per heavy atom. The van der Waals surface area contributed by atoms with E-state index in [4.69, 9.17) is 0 Å². The molecule has 20 heavy (non-hydrogen) atoms. The Hall–Kier alpha value is -1.72. The first kappa shape index (κ1) is 14.7. The van der Waals surface area contributed by atoms with Gasteiger partial charge >= 0.3 is 0 Å². The number of hydrogen-bond acceptors (Lipinski definition) is 4. The van der Waals surface area contributed by atoms with E-state index < -0.39 is 6.10 Å². The zero-order valence-corrected chi connectivity index (χ0v) is 12.5. The van der Waals surface area contributed by atoms with Gasteiger partial charge < -0.3 is 10.4 Å². The second kappa shape index (κ2) is 5.73. The second-order valence-electron chi connectivity index (χ2n) is 6.00. The maximum atomic E-state index is 10.2. The lowest BCUT2D eigenvalue weighted by Gasteiger charge is -2.22. The lowest BCUT2D eigenvalue weighted by Crippen LogP contribution is -2.38. The number of aryl methyl sites for hydroxylation is 1. The Bertz CT molecular complexity index is 571. The van der Waals surface area contributed by atoms with Crippen LogP contribution in [0.2, 0.25) is 0 Å². The lowest BCUT2D eigenvalue weighted by atomic mass is 10.1. The molecule has 0 radical (unpaired) electrons. The third-order valence-corrected chi connectivity index (χ3v) is 2.94. The standard InChI is InChI=1S/C15H22N4O/c1-15(2,3)16-9-14(20)13-7-5-6-12(18-13)11-8-17-19(4)10-11/h5-8,10,14,16,20H,9H2,1-4H3. The van der Waals surface area contributed by atoms with Gasteiger partial charge in [0.05, 0.1) is 17.6 Å². The lowest BCUT2D eigenvalue weighted by molar-refractivity contribution is 0.159. The van der Waals surface area contributed by atoms with Crippen molar-refractivity contribution in [3.05, 3.63) is 36.3 Å². The van der Waals surface area contributed by atoms with Crippen molar-refractivity contribution in [3.63, 3.8) is 0 Å². The first-order chi connectivity index (χ1) is 9.35. The van der Waals surface area contributed by atoms with Crippen molar-refractivity contribution >= 4 is 0 Å². The first-order valence-corrected chi connectivity index (χ1v) is 6.74. The molecule has 0 aliphatic rings. The molecule has 0 aliphatic heterocycles. The number of aliphatic hydroxyl groups excluding tert-OH is 1. The maximum Gasteiger partial charge on any atom is 0.108 e. The molecule has 1 atom stereocenters. The summed E-state index contributed by atoms with van der Waals surface area (Å²) in [5.74, 6) is 0. The van der Waals surface area contributed by atoms with Crippen LogP contribution in [0.4, 0.5) is 0 Å². The molecule has 2 rings (SSSR count). The number of nitrogens with zero attached hydrogens (tertiary/aromatic N) is 3. The molecule has 0 spiro atoms. The summed E-state index contributed by atoms with van der Waals surface area (Å²) in [4.78, 5) is 4.51. The molecule has 2 aromatic heterocycles. The van der Waals surface area contributed by atoms with Crippen LogP contribution in [0.5, 0.6) is 0 Å². The third-order valence-electron chi connectivity index (χ3n) is 2.94. The Labute approximate surface area is 119 Å². The molecule has 0 bridgehead atoms. The van der Waals surface area contributed by atoms with E-state index in [1.54, 1.807) is 10.9 Å². The fraction of sp³-hybridized carbons (Fsp3) is 0.467. The number of nitrogens with one attached hydrogen (secondary N) is 1. The summed E-state index contributed by atoms with van der Waals surface area (Å²) >= 11 is 0. The van der Waals surface area contributed by atoms with Gasteiger partial charge in [0, 0.05) is 30.9 Å². The second-order valence-corrected chi connectivity index (χ2v) is 6.00. The quantitative estimate of drug-likeness (QED) is 0.894. The number of β-amino-alcohol motifs (C(OH)–C–C–N with tert-alkyl or cyclic N) is 1. The molecule has 2 heterocycles. The van der Waals surface area contributed by atoms with E-state index in [1.807, 2.05) is 31.4 Å². The number of aliphatic hydroxyl groups is 1. The van der Waals surface area contributed by atoms with Gasteiger partial charge in [0.2, 0.25) is 0 Å². The molecular formula is C15H22N4O. The molecule has 2 N–H and O–H groups in total. The minimum Gasteiger partial charge on any atom is -0.385 e. The monoisotopic (exact) mass is 274 g/mol. The van der Waals surface area contributed by atoms with E-state index in [2.05, 4.69) is 36.2 Å². The predicted octanol–water partition coefficient (Wildman–Crippen LogP) is 1.90. The van der Waals surface area contributed by atoms with Gasteiger partial charge in [-0.2, -0.15) is 5.10 Å². The first-order valence-electron chi connectivity index (χ1n) is 6.74. The number of rotatable bonds is 4. The molecular weight excluding hydrogens is 252 g/mol. The molecule has 0 aromatic carbocycles. The number of pyridine rings is 1. The van der Waals surface area contributed by atoms with E-state index in [1.165, 1.54) is 0 Å². The van der Waals surface area contributed by atoms with Crippen molar-refractivity contribution in [2.45, 2.75) is 32.4 Å². The van der Waals surface area contributed by atoms with Crippen molar-refractivity contribution in [1.29, 1.82) is 0 Å². The van der Waals surface area contributed by atoms with E-state index in [0.29, 0.717) is 12.2 Å². The Kier molecular flexibility index (Phi) is 4.20. The van der Waals surface area contributed by atoms with Gasteiger partial charge in [0.25, 0.3) is 0 Å². The molecule has 108 valence electrons. The fourth-order valence-corrected chi connectivity index (χ4v) is 1.86. The molecule has 0 saturated carbocycles. The largest absolute Gasteiger partial charge is 0.385 e. The summed E-state index contributed by atoms with van der Waals surface area (Å²) in [5, 5.41) is 17.6. The topological polar surface area (TPSA) is 63.0 Å². The Morgan fingerprint density at radius 3 is 2.70 bits per heavy atom. The van der Waals surface area contributed by atoms with Gasteiger partial charge in [-0.15, -0.1) is 0 Å². The van der Waals surface area contributed by atoms with Crippen LogP contribution >= 0.6 is 0 Å². The smallest absolute Gasteiger partial charge is 0.108 e. The van der Waals surface area contributed by atoms with Gasteiger partial charge in [0.1, 0.15) is 6.10 Å². The van der Waals surface area contributed by atoms with Gasteiger partial charge in [-0.05, 0) is 32.9 Å². The number of hydrogen-bond donors (Lipinski definition) is 2. The van der Waals surface area contributed by atoms with Gasteiger partial charge in [0.15, 0.2) is 0 Å². The molecule has 2 aromatic rings. The van der Waals surface area contributed by atoms with Gasteiger partial charge in [-0.25, -0.2) is 4.98 Å². The minimum atomic E-state index is -0.620. The summed E-state index contributed by atoms with van der Waals surface area (Å²) in [6, 6.07) is 5.67. The predicted molar refractivity (Wildman–Crippen MR) is 79.2 cm³/mol. The SMILES string of the molecule is Cn1cc(-c2cccc(C(O)CNC(C)(C)C)n2)cn1. The molecule has 1 unspecified atom stereocenters. The Morgan fingerprint density at radius 1 is 1.35 bits per heavy atom. The summed E-state index contributed by atoms with van der Waals surface area (Å²) in [5.41, 5.74) is 2.42. The molecule has 5 heteroatoms. The van der Waals surface area contributed by atoms with E-state index >= 15 is 0 Å². The molecule has 0 aliphatic carbocycles. The van der Waals surface area contributed by atoms with Crippen LogP contribution in [0.25, 0.3) is 11.3 Å². The highest BCUT2D eigenvalue weighted by atomic mass is 16.3. The average Bonchev–Trinajstić information content (AvgIpc) is 2.82. The van der Waals surface area contributed by atoms with Crippen LogP contribution in [0.1, 0.15) is 32.6 Å². The maximum absolute atomic E-state index is 10.2. The number of aromatic nitrogens is 3. The third kappa shape index (κ3) is 3.88. The molecule has 0 saturated heterocycles. The highest BCUT2D eigenvalue weighted by Gasteiger charge is 2.15. The van der Waals surface area contributed by atoms with Crippen molar-refractivity contribution in [2.75, 3.05) is 6.54 Å². The van der Waals surface area contributed by atoms with E-state index in [0.717, 1.165) is 11.3 Å². The zero-order valence-electron chi connectivity index (χ0n) is 12.5. The summed E-state index contributed by atoms with van der Waals surface area (Å²) in [7, 11) is 1.87. The minimum absolute atomic E-state index is 0.0259. The van der Waals surface area contributed by atoms with E-state index in [9.17, 15) is 5.11 Å². The van der Waals surface area contributed by atoms with Crippen molar-refractivity contribution in [3.8, 4) is 11.3 Å². The highest BCUT2D eigenvalue weighted by molar-refractivity contribution is 5.56. The fourth-order valence-electron chi connectivity index (χ4n) is 1.86. The van der Waals surface area contributed by atoms with Crippen molar-refractivity contribution in [2.24, 2.45) is 7.05 Å². The van der Waals surface area contributed by atoms with Gasteiger partial charge in [-0.3, -0.25) is 4.68 Å². The van der Waals surface area contributed by atoms with Crippen molar-refractivity contribution < 1.29 is 5.11 Å². The summed E-state index contributed by atoms with van der Waals surface area (Å²) < 4.78 is 1.74. The normalized spacial score (nSPS) is 13.4. The van der Waals surface area contributed by atoms with Crippen LogP contribution in [0.3, 0.4) is 0 Å². The van der Waals surface area contributed by atoms with Crippen LogP contribution in [-0.4, -0.2) is 32.0 Å². The van der Waals surface area contributed by atoms with Crippen LogP contribution in [0, 0.1) is 0 Å².